The zero-order chi connectivity index (χ0) is 10.2. The molecule has 0 aromatic heterocycles. The van der Waals surface area contributed by atoms with Crippen LogP contribution in [0.3, 0.4) is 0 Å². The second-order valence-corrected chi connectivity index (χ2v) is 5.45. The van der Waals surface area contributed by atoms with Gasteiger partial charge in [0.15, 0.2) is 0 Å². The van der Waals surface area contributed by atoms with Crippen LogP contribution in [0.5, 0.6) is 0 Å². The molecule has 1 aliphatic rings. The van der Waals surface area contributed by atoms with Gasteiger partial charge in [0.25, 0.3) is 0 Å². The van der Waals surface area contributed by atoms with E-state index in [9.17, 15) is 4.39 Å². The van der Waals surface area contributed by atoms with Gasteiger partial charge in [-0.1, -0.05) is 27.7 Å². The molecule has 4 atom stereocenters. The van der Waals surface area contributed by atoms with Crippen molar-refractivity contribution in [2.75, 3.05) is 0 Å². The Hall–Kier alpha value is -0.110. The molecule has 0 amide bonds. The predicted molar refractivity (Wildman–Crippen MR) is 52.5 cm³/mol. The second kappa shape index (κ2) is 3.56. The number of alkyl halides is 1. The first-order valence-corrected chi connectivity index (χ1v) is 5.11. The molecule has 0 radical (unpaired) electrons. The third kappa shape index (κ3) is 2.67. The van der Waals surface area contributed by atoms with Crippen molar-refractivity contribution in [2.45, 2.75) is 59.4 Å². The van der Waals surface area contributed by atoms with Gasteiger partial charge in [-0.05, 0) is 18.8 Å². The summed E-state index contributed by atoms with van der Waals surface area (Å²) in [5, 5.41) is 0. The molecule has 1 aliphatic heterocycles. The number of ether oxygens (including phenoxy) is 1. The van der Waals surface area contributed by atoms with E-state index in [-0.39, 0.29) is 23.5 Å². The Balaban J connectivity index is 2.54. The smallest absolute Gasteiger partial charge is 0.131 e. The highest BCUT2D eigenvalue weighted by molar-refractivity contribution is 4.88. The monoisotopic (exact) mass is 188 g/mol. The molecule has 0 saturated carbocycles. The highest BCUT2D eigenvalue weighted by Gasteiger charge is 2.40. The number of hydrogen-bond acceptors (Lipinski definition) is 1. The fourth-order valence-corrected chi connectivity index (χ4v) is 1.94. The molecule has 1 fully saturated rings. The molecule has 0 aromatic carbocycles. The van der Waals surface area contributed by atoms with Gasteiger partial charge in [-0.3, -0.25) is 0 Å². The Morgan fingerprint density at radius 3 is 2.08 bits per heavy atom. The highest BCUT2D eigenvalue weighted by atomic mass is 19.1. The maximum absolute atomic E-state index is 13.4. The van der Waals surface area contributed by atoms with Crippen molar-refractivity contribution in [1.82, 2.24) is 0 Å². The zero-order valence-corrected chi connectivity index (χ0v) is 9.30. The van der Waals surface area contributed by atoms with E-state index in [0.717, 1.165) is 6.42 Å². The Morgan fingerprint density at radius 2 is 1.77 bits per heavy atom. The van der Waals surface area contributed by atoms with Crippen LogP contribution < -0.4 is 0 Å². The van der Waals surface area contributed by atoms with Crippen molar-refractivity contribution < 1.29 is 9.13 Å². The molecule has 1 nitrogen and oxygen atoms in total. The predicted octanol–water partition coefficient (Wildman–Crippen LogP) is 3.18. The number of rotatable bonds is 1. The summed E-state index contributed by atoms with van der Waals surface area (Å²) in [5.41, 5.74) is 0.225. The van der Waals surface area contributed by atoms with E-state index in [1.807, 2.05) is 13.8 Å². The third-order valence-electron chi connectivity index (χ3n) is 2.74. The molecule has 0 aromatic rings. The number of hydrogen-bond donors (Lipinski definition) is 0. The standard InChI is InChI=1S/C11H21FO/c1-7-9(6-11(3,4)5)13-8(2)10(7)12/h7-10H,6H2,1-5H3/t7-,8+,9-,10-/m1/s1. The van der Waals surface area contributed by atoms with Gasteiger partial charge in [-0.2, -0.15) is 0 Å². The van der Waals surface area contributed by atoms with Crippen molar-refractivity contribution in [2.24, 2.45) is 11.3 Å². The van der Waals surface area contributed by atoms with E-state index >= 15 is 0 Å². The van der Waals surface area contributed by atoms with Gasteiger partial charge in [-0.25, -0.2) is 4.39 Å². The molecule has 78 valence electrons. The van der Waals surface area contributed by atoms with Crippen LogP contribution >= 0.6 is 0 Å². The molecular weight excluding hydrogens is 167 g/mol. The van der Waals surface area contributed by atoms with Gasteiger partial charge in [0, 0.05) is 5.92 Å². The van der Waals surface area contributed by atoms with Gasteiger partial charge in [0.2, 0.25) is 0 Å². The van der Waals surface area contributed by atoms with Crippen LogP contribution in [0.25, 0.3) is 0 Å². The number of halogens is 1. The first-order chi connectivity index (χ1) is 5.81. The molecule has 0 unspecified atom stereocenters. The summed E-state index contributed by atoms with van der Waals surface area (Å²) in [6, 6.07) is 0. The Labute approximate surface area is 80.7 Å². The van der Waals surface area contributed by atoms with Crippen molar-refractivity contribution in [3.63, 3.8) is 0 Å². The molecule has 1 rings (SSSR count). The van der Waals surface area contributed by atoms with E-state index < -0.39 is 6.17 Å². The lowest BCUT2D eigenvalue weighted by atomic mass is 9.84. The van der Waals surface area contributed by atoms with Gasteiger partial charge < -0.3 is 4.74 Å². The molecule has 0 spiro atoms. The normalized spacial score (nSPS) is 41.1. The Bertz CT molecular complexity index is 173. The molecule has 0 bridgehead atoms. The van der Waals surface area contributed by atoms with Crippen molar-refractivity contribution in [3.05, 3.63) is 0 Å². The largest absolute Gasteiger partial charge is 0.372 e. The zero-order valence-electron chi connectivity index (χ0n) is 9.30. The van der Waals surface area contributed by atoms with Crippen LogP contribution in [0.4, 0.5) is 4.39 Å². The summed E-state index contributed by atoms with van der Waals surface area (Å²) in [6.07, 6.45) is 0.0403. The SMILES string of the molecule is C[C@H]1[C@@H](F)[C@H](C)O[C@@H]1CC(C)(C)C. The van der Waals surface area contributed by atoms with E-state index in [1.165, 1.54) is 0 Å². The topological polar surface area (TPSA) is 9.23 Å². The molecule has 2 heteroatoms. The molecule has 0 N–H and O–H groups in total. The Morgan fingerprint density at radius 1 is 1.23 bits per heavy atom. The van der Waals surface area contributed by atoms with E-state index in [0.29, 0.717) is 0 Å². The van der Waals surface area contributed by atoms with Crippen molar-refractivity contribution in [3.8, 4) is 0 Å². The van der Waals surface area contributed by atoms with Gasteiger partial charge in [0.1, 0.15) is 6.17 Å². The third-order valence-corrected chi connectivity index (χ3v) is 2.74. The molecule has 1 saturated heterocycles. The first-order valence-electron chi connectivity index (χ1n) is 5.11. The minimum Gasteiger partial charge on any atom is -0.372 e. The van der Waals surface area contributed by atoms with E-state index in [2.05, 4.69) is 20.8 Å². The van der Waals surface area contributed by atoms with Crippen LogP contribution in [0, 0.1) is 11.3 Å². The average Bonchev–Trinajstić information content (AvgIpc) is 2.15. The molecule has 1 heterocycles. The lowest BCUT2D eigenvalue weighted by Crippen LogP contribution is -2.23. The summed E-state index contributed by atoms with van der Waals surface area (Å²) in [5.74, 6) is 0.0502. The highest BCUT2D eigenvalue weighted by Crippen LogP contribution is 2.35. The average molecular weight is 188 g/mol. The summed E-state index contributed by atoms with van der Waals surface area (Å²) in [7, 11) is 0. The second-order valence-electron chi connectivity index (χ2n) is 5.45. The van der Waals surface area contributed by atoms with Crippen LogP contribution in [-0.2, 0) is 4.74 Å². The Kier molecular flexibility index (Phi) is 3.01. The molecule has 13 heavy (non-hydrogen) atoms. The minimum atomic E-state index is -0.785. The fourth-order valence-electron chi connectivity index (χ4n) is 1.94. The van der Waals surface area contributed by atoms with E-state index in [1.54, 1.807) is 0 Å². The van der Waals surface area contributed by atoms with Crippen LogP contribution in [0.1, 0.15) is 41.0 Å². The maximum Gasteiger partial charge on any atom is 0.131 e. The summed E-state index contributed by atoms with van der Waals surface area (Å²) < 4.78 is 19.0. The maximum atomic E-state index is 13.4. The van der Waals surface area contributed by atoms with Gasteiger partial charge in [-0.15, -0.1) is 0 Å². The van der Waals surface area contributed by atoms with Gasteiger partial charge in [0.05, 0.1) is 12.2 Å². The van der Waals surface area contributed by atoms with Crippen molar-refractivity contribution >= 4 is 0 Å². The van der Waals surface area contributed by atoms with Gasteiger partial charge >= 0.3 is 0 Å². The lowest BCUT2D eigenvalue weighted by Gasteiger charge is -2.24. The quantitative estimate of drug-likeness (QED) is 0.614. The van der Waals surface area contributed by atoms with E-state index in [4.69, 9.17) is 4.74 Å². The summed E-state index contributed by atoms with van der Waals surface area (Å²) in [4.78, 5) is 0. The molecule has 0 aliphatic carbocycles. The lowest BCUT2D eigenvalue weighted by molar-refractivity contribution is 0.0151. The first kappa shape index (κ1) is 11.0. The fraction of sp³-hybridized carbons (Fsp3) is 1.00. The van der Waals surface area contributed by atoms with Crippen LogP contribution in [0.2, 0.25) is 0 Å². The minimum absolute atomic E-state index is 0.0502. The summed E-state index contributed by atoms with van der Waals surface area (Å²) in [6.45, 7) is 10.3. The van der Waals surface area contributed by atoms with Crippen LogP contribution in [-0.4, -0.2) is 18.4 Å². The van der Waals surface area contributed by atoms with Crippen molar-refractivity contribution in [1.29, 1.82) is 0 Å². The van der Waals surface area contributed by atoms with Crippen LogP contribution in [0.15, 0.2) is 0 Å². The molecular formula is C11H21FO. The summed E-state index contributed by atoms with van der Waals surface area (Å²) >= 11 is 0.